The Balaban J connectivity index is 1.83. The maximum absolute atomic E-state index is 4.79. The summed E-state index contributed by atoms with van der Waals surface area (Å²) in [6.07, 6.45) is 2.07. The quantitative estimate of drug-likeness (QED) is 0.486. The van der Waals surface area contributed by atoms with E-state index in [1.807, 2.05) is 43.3 Å². The first-order chi connectivity index (χ1) is 12.2. The van der Waals surface area contributed by atoms with Gasteiger partial charge in [-0.15, -0.1) is 11.8 Å². The van der Waals surface area contributed by atoms with Gasteiger partial charge in [-0.2, -0.15) is 0 Å². The van der Waals surface area contributed by atoms with Crippen LogP contribution >= 0.6 is 11.8 Å². The van der Waals surface area contributed by atoms with Gasteiger partial charge in [0.05, 0.1) is 5.39 Å². The van der Waals surface area contributed by atoms with E-state index in [-0.39, 0.29) is 0 Å². The van der Waals surface area contributed by atoms with Crippen molar-refractivity contribution in [2.24, 2.45) is 0 Å². The molecule has 0 saturated carbocycles. The first-order valence-corrected chi connectivity index (χ1v) is 9.29. The zero-order valence-electron chi connectivity index (χ0n) is 14.1. The predicted molar refractivity (Wildman–Crippen MR) is 106 cm³/mol. The number of benzene rings is 2. The molecule has 0 bridgehead atoms. The maximum Gasteiger partial charge on any atom is 0.163 e. The van der Waals surface area contributed by atoms with Crippen LogP contribution in [0.1, 0.15) is 5.69 Å². The van der Waals surface area contributed by atoms with E-state index in [1.165, 1.54) is 4.90 Å². The second-order valence-electron chi connectivity index (χ2n) is 5.83. The Labute approximate surface area is 150 Å². The van der Waals surface area contributed by atoms with Crippen molar-refractivity contribution in [2.45, 2.75) is 11.8 Å². The zero-order valence-corrected chi connectivity index (χ0v) is 14.9. The molecule has 0 amide bonds. The molecule has 0 unspecified atom stereocenters. The summed E-state index contributed by atoms with van der Waals surface area (Å²) in [5, 5.41) is 4.45. The van der Waals surface area contributed by atoms with Gasteiger partial charge in [-0.25, -0.2) is 9.97 Å². The van der Waals surface area contributed by atoms with Crippen LogP contribution in [0.4, 0.5) is 11.5 Å². The molecule has 4 aromatic rings. The molecule has 0 atom stereocenters. The Morgan fingerprint density at radius 2 is 1.80 bits per heavy atom. The number of hydrogen-bond donors (Lipinski definition) is 2. The standard InChI is InChI=1S/C20H18N4S/c1-13-11-17-19(21-13)23-18(14-7-4-3-5-8-14)24-20(17)22-15-9-6-10-16(12-15)25-2/h3-12H,1-2H3,(H2,21,22,23,24). The molecule has 2 heterocycles. The van der Waals surface area contributed by atoms with Crippen LogP contribution in [0.5, 0.6) is 0 Å². The zero-order chi connectivity index (χ0) is 17.2. The number of aryl methyl sites for hydroxylation is 1. The van der Waals surface area contributed by atoms with Crippen molar-refractivity contribution in [3.63, 3.8) is 0 Å². The Kier molecular flexibility index (Phi) is 4.15. The minimum absolute atomic E-state index is 0.707. The van der Waals surface area contributed by atoms with Crippen molar-refractivity contribution in [1.82, 2.24) is 15.0 Å². The van der Waals surface area contributed by atoms with E-state index in [0.717, 1.165) is 33.8 Å². The van der Waals surface area contributed by atoms with E-state index in [9.17, 15) is 0 Å². The van der Waals surface area contributed by atoms with Gasteiger partial charge in [-0.3, -0.25) is 0 Å². The van der Waals surface area contributed by atoms with E-state index >= 15 is 0 Å². The summed E-state index contributed by atoms with van der Waals surface area (Å²) in [6, 6.07) is 20.4. The Morgan fingerprint density at radius 1 is 0.960 bits per heavy atom. The van der Waals surface area contributed by atoms with Crippen molar-refractivity contribution in [1.29, 1.82) is 0 Å². The molecule has 124 valence electrons. The highest BCUT2D eigenvalue weighted by molar-refractivity contribution is 7.98. The number of H-pyrrole nitrogens is 1. The largest absolute Gasteiger partial charge is 0.343 e. The maximum atomic E-state index is 4.79. The van der Waals surface area contributed by atoms with Crippen LogP contribution in [0.2, 0.25) is 0 Å². The average Bonchev–Trinajstić information content (AvgIpc) is 3.03. The average molecular weight is 346 g/mol. The van der Waals surface area contributed by atoms with Gasteiger partial charge in [0, 0.05) is 21.8 Å². The third-order valence-electron chi connectivity index (χ3n) is 3.99. The molecular weight excluding hydrogens is 328 g/mol. The second kappa shape index (κ2) is 6.61. The molecular formula is C20H18N4S. The van der Waals surface area contributed by atoms with E-state index in [4.69, 9.17) is 9.97 Å². The summed E-state index contributed by atoms with van der Waals surface area (Å²) in [5.41, 5.74) is 3.92. The highest BCUT2D eigenvalue weighted by Gasteiger charge is 2.12. The van der Waals surface area contributed by atoms with Gasteiger partial charge in [-0.1, -0.05) is 36.4 Å². The van der Waals surface area contributed by atoms with Crippen LogP contribution in [0.15, 0.2) is 65.6 Å². The molecule has 0 saturated heterocycles. The fourth-order valence-corrected chi connectivity index (χ4v) is 3.25. The number of rotatable bonds is 4. The van der Waals surface area contributed by atoms with Gasteiger partial charge >= 0.3 is 0 Å². The Morgan fingerprint density at radius 3 is 2.60 bits per heavy atom. The number of nitrogens with one attached hydrogen (secondary N) is 2. The number of aromatic nitrogens is 3. The summed E-state index contributed by atoms with van der Waals surface area (Å²) in [5.74, 6) is 1.52. The third kappa shape index (κ3) is 3.23. The lowest BCUT2D eigenvalue weighted by Gasteiger charge is -2.10. The fourth-order valence-electron chi connectivity index (χ4n) is 2.79. The number of hydrogen-bond acceptors (Lipinski definition) is 4. The van der Waals surface area contributed by atoms with Gasteiger partial charge in [0.15, 0.2) is 5.82 Å². The lowest BCUT2D eigenvalue weighted by Crippen LogP contribution is -1.98. The first-order valence-electron chi connectivity index (χ1n) is 8.07. The summed E-state index contributed by atoms with van der Waals surface area (Å²) in [4.78, 5) is 14.0. The van der Waals surface area contributed by atoms with Gasteiger partial charge < -0.3 is 10.3 Å². The van der Waals surface area contributed by atoms with Gasteiger partial charge in [-0.05, 0) is 37.4 Å². The molecule has 0 aliphatic rings. The molecule has 2 aromatic carbocycles. The molecule has 4 nitrogen and oxygen atoms in total. The van der Waals surface area contributed by atoms with Crippen LogP contribution in [-0.2, 0) is 0 Å². The molecule has 5 heteroatoms. The lowest BCUT2D eigenvalue weighted by molar-refractivity contribution is 1.19. The number of thioether (sulfide) groups is 1. The Bertz CT molecular complexity index is 1020. The summed E-state index contributed by atoms with van der Waals surface area (Å²) >= 11 is 1.72. The van der Waals surface area contributed by atoms with E-state index in [1.54, 1.807) is 11.8 Å². The summed E-state index contributed by atoms with van der Waals surface area (Å²) in [7, 11) is 0. The number of nitrogens with zero attached hydrogens (tertiary/aromatic N) is 2. The summed E-state index contributed by atoms with van der Waals surface area (Å²) < 4.78 is 0. The molecule has 0 radical (unpaired) electrons. The lowest BCUT2D eigenvalue weighted by atomic mass is 10.2. The van der Waals surface area contributed by atoms with Gasteiger partial charge in [0.25, 0.3) is 0 Å². The molecule has 0 aliphatic heterocycles. The molecule has 0 aliphatic carbocycles. The molecule has 0 spiro atoms. The fraction of sp³-hybridized carbons (Fsp3) is 0.100. The van der Waals surface area contributed by atoms with Gasteiger partial charge in [0.1, 0.15) is 11.5 Å². The molecule has 4 rings (SSSR count). The number of anilines is 2. The highest BCUT2D eigenvalue weighted by atomic mass is 32.2. The topological polar surface area (TPSA) is 53.6 Å². The van der Waals surface area contributed by atoms with Crippen LogP contribution in [-0.4, -0.2) is 21.2 Å². The Hall–Kier alpha value is -2.79. The van der Waals surface area contributed by atoms with Crippen LogP contribution in [0, 0.1) is 6.92 Å². The SMILES string of the molecule is CSc1cccc(Nc2nc(-c3ccccc3)nc3[nH]c(C)cc23)c1. The van der Waals surface area contributed by atoms with E-state index < -0.39 is 0 Å². The van der Waals surface area contributed by atoms with Crippen LogP contribution in [0.3, 0.4) is 0 Å². The highest BCUT2D eigenvalue weighted by Crippen LogP contribution is 2.29. The molecule has 0 fully saturated rings. The number of aromatic amines is 1. The molecule has 25 heavy (non-hydrogen) atoms. The van der Waals surface area contributed by atoms with Crippen LogP contribution < -0.4 is 5.32 Å². The monoisotopic (exact) mass is 346 g/mol. The number of fused-ring (bicyclic) bond motifs is 1. The summed E-state index contributed by atoms with van der Waals surface area (Å²) in [6.45, 7) is 2.03. The predicted octanol–water partition coefficient (Wildman–Crippen LogP) is 5.40. The van der Waals surface area contributed by atoms with Crippen molar-refractivity contribution in [2.75, 3.05) is 11.6 Å². The van der Waals surface area contributed by atoms with Crippen LogP contribution in [0.25, 0.3) is 22.4 Å². The van der Waals surface area contributed by atoms with E-state index in [2.05, 4.69) is 40.8 Å². The smallest absolute Gasteiger partial charge is 0.163 e. The van der Waals surface area contributed by atoms with Crippen molar-refractivity contribution in [3.8, 4) is 11.4 Å². The minimum Gasteiger partial charge on any atom is -0.343 e. The molecule has 2 N–H and O–H groups in total. The minimum atomic E-state index is 0.707. The third-order valence-corrected chi connectivity index (χ3v) is 4.71. The van der Waals surface area contributed by atoms with E-state index in [0.29, 0.717) is 5.82 Å². The van der Waals surface area contributed by atoms with Crippen molar-refractivity contribution < 1.29 is 0 Å². The van der Waals surface area contributed by atoms with Crippen molar-refractivity contribution in [3.05, 3.63) is 66.4 Å². The first kappa shape index (κ1) is 15.7. The van der Waals surface area contributed by atoms with Crippen molar-refractivity contribution >= 4 is 34.3 Å². The van der Waals surface area contributed by atoms with Gasteiger partial charge in [0.2, 0.25) is 0 Å². The second-order valence-corrected chi connectivity index (χ2v) is 6.71. The normalized spacial score (nSPS) is 11.0. The molecule has 2 aromatic heterocycles.